The minimum Gasteiger partial charge on any atom is -0.376 e. The van der Waals surface area contributed by atoms with Crippen molar-refractivity contribution in [2.75, 3.05) is 18.4 Å². The summed E-state index contributed by atoms with van der Waals surface area (Å²) in [5.74, 6) is 1.78. The highest BCUT2D eigenvalue weighted by Gasteiger charge is 2.39. The molecule has 3 unspecified atom stereocenters. The second-order valence-corrected chi connectivity index (χ2v) is 6.59. The first kappa shape index (κ1) is 14.4. The van der Waals surface area contributed by atoms with E-state index in [1.165, 1.54) is 25.7 Å². The minimum absolute atomic E-state index is 0.266. The Bertz CT molecular complexity index is 473. The van der Waals surface area contributed by atoms with Gasteiger partial charge in [-0.25, -0.2) is 0 Å². The van der Waals surface area contributed by atoms with Crippen LogP contribution in [-0.4, -0.2) is 29.9 Å². The number of carbonyl (C=O) groups excluding carboxylic acids is 1. The number of hydrogen-bond acceptors (Lipinski definition) is 2. The maximum atomic E-state index is 12.6. The SMILES string of the molecule is CC1CCN(C(=O)CNc2ccccc2)C2CCCCC12. The van der Waals surface area contributed by atoms with Crippen molar-refractivity contribution in [1.29, 1.82) is 0 Å². The monoisotopic (exact) mass is 286 g/mol. The summed E-state index contributed by atoms with van der Waals surface area (Å²) in [5, 5.41) is 3.26. The van der Waals surface area contributed by atoms with Crippen molar-refractivity contribution >= 4 is 11.6 Å². The number of likely N-dealkylation sites (tertiary alicyclic amines) is 1. The number of hydrogen-bond donors (Lipinski definition) is 1. The average Bonchev–Trinajstić information content (AvgIpc) is 2.54. The smallest absolute Gasteiger partial charge is 0.242 e. The summed E-state index contributed by atoms with van der Waals surface area (Å²) in [6.07, 6.45) is 6.30. The van der Waals surface area contributed by atoms with Gasteiger partial charge in [0.2, 0.25) is 5.91 Å². The van der Waals surface area contributed by atoms with Crippen molar-refractivity contribution in [3.05, 3.63) is 30.3 Å². The maximum absolute atomic E-state index is 12.6. The number of para-hydroxylation sites is 1. The van der Waals surface area contributed by atoms with Crippen LogP contribution in [0.1, 0.15) is 39.0 Å². The molecular weight excluding hydrogens is 260 g/mol. The Labute approximate surface area is 127 Å². The molecule has 114 valence electrons. The third-order valence-electron chi connectivity index (χ3n) is 5.28. The van der Waals surface area contributed by atoms with Crippen LogP contribution in [0.3, 0.4) is 0 Å². The lowest BCUT2D eigenvalue weighted by molar-refractivity contribution is -0.137. The van der Waals surface area contributed by atoms with E-state index >= 15 is 0 Å². The highest BCUT2D eigenvalue weighted by Crippen LogP contribution is 2.38. The first-order valence-corrected chi connectivity index (χ1v) is 8.34. The van der Waals surface area contributed by atoms with Gasteiger partial charge in [-0.2, -0.15) is 0 Å². The molecule has 0 spiro atoms. The molecule has 1 saturated carbocycles. The van der Waals surface area contributed by atoms with E-state index in [-0.39, 0.29) is 5.91 Å². The normalized spacial score (nSPS) is 28.8. The molecular formula is C18H26N2O. The predicted molar refractivity (Wildman–Crippen MR) is 86.2 cm³/mol. The zero-order chi connectivity index (χ0) is 14.7. The lowest BCUT2D eigenvalue weighted by atomic mass is 9.72. The molecule has 3 nitrogen and oxygen atoms in total. The molecule has 21 heavy (non-hydrogen) atoms. The fraction of sp³-hybridized carbons (Fsp3) is 0.611. The number of fused-ring (bicyclic) bond motifs is 1. The first-order chi connectivity index (χ1) is 10.3. The van der Waals surface area contributed by atoms with E-state index in [0.717, 1.165) is 30.5 Å². The van der Waals surface area contributed by atoms with E-state index in [1.807, 2.05) is 30.3 Å². The van der Waals surface area contributed by atoms with Gasteiger partial charge < -0.3 is 10.2 Å². The van der Waals surface area contributed by atoms with Crippen LogP contribution < -0.4 is 5.32 Å². The second-order valence-electron chi connectivity index (χ2n) is 6.59. The third kappa shape index (κ3) is 3.22. The molecule has 0 bridgehead atoms. The van der Waals surface area contributed by atoms with Crippen LogP contribution in [0.5, 0.6) is 0 Å². The zero-order valence-electron chi connectivity index (χ0n) is 12.9. The van der Waals surface area contributed by atoms with Gasteiger partial charge in [0, 0.05) is 18.3 Å². The maximum Gasteiger partial charge on any atom is 0.242 e. The van der Waals surface area contributed by atoms with Gasteiger partial charge in [0.15, 0.2) is 0 Å². The van der Waals surface area contributed by atoms with Gasteiger partial charge >= 0.3 is 0 Å². The molecule has 3 heteroatoms. The van der Waals surface area contributed by atoms with Crippen molar-refractivity contribution in [3.63, 3.8) is 0 Å². The van der Waals surface area contributed by atoms with Crippen LogP contribution in [-0.2, 0) is 4.79 Å². The number of benzene rings is 1. The number of nitrogens with zero attached hydrogens (tertiary/aromatic N) is 1. The highest BCUT2D eigenvalue weighted by molar-refractivity contribution is 5.81. The molecule has 3 rings (SSSR count). The molecule has 1 heterocycles. The van der Waals surface area contributed by atoms with E-state index in [1.54, 1.807) is 0 Å². The molecule has 1 aromatic carbocycles. The Balaban J connectivity index is 1.61. The third-order valence-corrected chi connectivity index (χ3v) is 5.28. The molecule has 3 atom stereocenters. The lowest BCUT2D eigenvalue weighted by Gasteiger charge is -2.47. The number of nitrogens with one attached hydrogen (secondary N) is 1. The molecule has 1 aromatic rings. The summed E-state index contributed by atoms with van der Waals surface area (Å²) in [6.45, 7) is 3.73. The number of anilines is 1. The van der Waals surface area contributed by atoms with Crippen LogP contribution in [0.25, 0.3) is 0 Å². The van der Waals surface area contributed by atoms with Gasteiger partial charge in [0.25, 0.3) is 0 Å². The molecule has 2 fully saturated rings. The Morgan fingerprint density at radius 2 is 1.95 bits per heavy atom. The van der Waals surface area contributed by atoms with Crippen molar-refractivity contribution in [3.8, 4) is 0 Å². The topological polar surface area (TPSA) is 32.3 Å². The highest BCUT2D eigenvalue weighted by atomic mass is 16.2. The second kappa shape index (κ2) is 6.50. The van der Waals surface area contributed by atoms with Crippen molar-refractivity contribution < 1.29 is 4.79 Å². The standard InChI is InChI=1S/C18H26N2O/c1-14-11-12-20(17-10-6-5-9-16(14)17)18(21)13-19-15-7-3-2-4-8-15/h2-4,7-8,14,16-17,19H,5-6,9-13H2,1H3. The number of amides is 1. The van der Waals surface area contributed by atoms with Gasteiger partial charge in [-0.1, -0.05) is 38.0 Å². The molecule has 2 aliphatic rings. The summed E-state index contributed by atoms with van der Waals surface area (Å²) >= 11 is 0. The number of piperidine rings is 1. The lowest BCUT2D eigenvalue weighted by Crippen LogP contribution is -2.53. The van der Waals surface area contributed by atoms with Gasteiger partial charge in [-0.05, 0) is 43.2 Å². The van der Waals surface area contributed by atoms with E-state index in [2.05, 4.69) is 17.1 Å². The van der Waals surface area contributed by atoms with Crippen molar-refractivity contribution in [2.45, 2.75) is 45.1 Å². The van der Waals surface area contributed by atoms with Gasteiger partial charge in [-0.3, -0.25) is 4.79 Å². The molecule has 1 aliphatic heterocycles. The summed E-state index contributed by atoms with van der Waals surface area (Å²) in [7, 11) is 0. The van der Waals surface area contributed by atoms with Crippen molar-refractivity contribution in [2.24, 2.45) is 11.8 Å². The van der Waals surface area contributed by atoms with Crippen LogP contribution in [0.15, 0.2) is 30.3 Å². The molecule has 1 amide bonds. The summed E-state index contributed by atoms with van der Waals surface area (Å²) in [6, 6.07) is 10.5. The Kier molecular flexibility index (Phi) is 4.47. The van der Waals surface area contributed by atoms with Gasteiger partial charge in [0.05, 0.1) is 6.54 Å². The van der Waals surface area contributed by atoms with Crippen LogP contribution in [0.4, 0.5) is 5.69 Å². The molecule has 1 saturated heterocycles. The largest absolute Gasteiger partial charge is 0.376 e. The van der Waals surface area contributed by atoms with E-state index < -0.39 is 0 Å². The first-order valence-electron chi connectivity index (χ1n) is 8.34. The van der Waals surface area contributed by atoms with E-state index in [4.69, 9.17) is 0 Å². The zero-order valence-corrected chi connectivity index (χ0v) is 12.9. The Morgan fingerprint density at radius 1 is 1.19 bits per heavy atom. The predicted octanol–water partition coefficient (Wildman–Crippen LogP) is 3.53. The number of carbonyl (C=O) groups is 1. The van der Waals surface area contributed by atoms with Gasteiger partial charge in [0.1, 0.15) is 0 Å². The summed E-state index contributed by atoms with van der Waals surface area (Å²) in [5.41, 5.74) is 1.02. The van der Waals surface area contributed by atoms with Crippen LogP contribution >= 0.6 is 0 Å². The summed E-state index contributed by atoms with van der Waals surface area (Å²) < 4.78 is 0. The van der Waals surface area contributed by atoms with Gasteiger partial charge in [-0.15, -0.1) is 0 Å². The van der Waals surface area contributed by atoms with Crippen LogP contribution in [0.2, 0.25) is 0 Å². The fourth-order valence-corrected chi connectivity index (χ4v) is 4.06. The number of rotatable bonds is 3. The van der Waals surface area contributed by atoms with Crippen molar-refractivity contribution in [1.82, 2.24) is 4.90 Å². The Hall–Kier alpha value is -1.51. The fourth-order valence-electron chi connectivity index (χ4n) is 4.06. The van der Waals surface area contributed by atoms with E-state index in [9.17, 15) is 4.79 Å². The average molecular weight is 286 g/mol. The minimum atomic E-state index is 0.266. The molecule has 1 N–H and O–H groups in total. The van der Waals surface area contributed by atoms with E-state index in [0.29, 0.717) is 12.6 Å². The quantitative estimate of drug-likeness (QED) is 0.922. The molecule has 0 radical (unpaired) electrons. The summed E-state index contributed by atoms with van der Waals surface area (Å²) in [4.78, 5) is 14.8. The molecule has 1 aliphatic carbocycles. The van der Waals surface area contributed by atoms with Crippen LogP contribution in [0, 0.1) is 11.8 Å². The molecule has 0 aromatic heterocycles. The Morgan fingerprint density at radius 3 is 2.76 bits per heavy atom.